The van der Waals surface area contributed by atoms with Crippen molar-refractivity contribution >= 4 is 0 Å². The van der Waals surface area contributed by atoms with E-state index in [0.717, 1.165) is 13.0 Å². The first-order valence-corrected chi connectivity index (χ1v) is 5.40. The summed E-state index contributed by atoms with van der Waals surface area (Å²) in [5.41, 5.74) is 1.29. The Bertz CT molecular complexity index is 241. The summed E-state index contributed by atoms with van der Waals surface area (Å²) in [5, 5.41) is 0. The molecule has 0 spiro atoms. The summed E-state index contributed by atoms with van der Waals surface area (Å²) < 4.78 is 5.74. The van der Waals surface area contributed by atoms with Gasteiger partial charge < -0.3 is 4.74 Å². The Hall–Kier alpha value is -0.820. The van der Waals surface area contributed by atoms with Gasteiger partial charge in [0.2, 0.25) is 0 Å². The highest BCUT2D eigenvalue weighted by Gasteiger charge is 2.12. The molecule has 0 aliphatic heterocycles. The molecule has 0 saturated heterocycles. The lowest BCUT2D eigenvalue weighted by atomic mass is 9.99. The van der Waals surface area contributed by atoms with Crippen molar-refractivity contribution in [1.29, 1.82) is 0 Å². The van der Waals surface area contributed by atoms with Crippen LogP contribution in [0.15, 0.2) is 30.3 Å². The van der Waals surface area contributed by atoms with E-state index in [4.69, 9.17) is 4.74 Å². The average Bonchev–Trinajstić information content (AvgIpc) is 2.18. The quantitative estimate of drug-likeness (QED) is 0.689. The van der Waals surface area contributed by atoms with Crippen LogP contribution in [-0.4, -0.2) is 6.61 Å². The number of ether oxygens (including phenoxy) is 1. The third-order valence-electron chi connectivity index (χ3n) is 2.22. The molecular formula is C13H20O. The van der Waals surface area contributed by atoms with Crippen LogP contribution in [0.4, 0.5) is 0 Å². The molecule has 0 aromatic heterocycles. The van der Waals surface area contributed by atoms with Crippen LogP contribution in [0.1, 0.15) is 38.9 Å². The van der Waals surface area contributed by atoms with Crippen LogP contribution in [-0.2, 0) is 4.74 Å². The van der Waals surface area contributed by atoms with Crippen LogP contribution < -0.4 is 0 Å². The highest BCUT2D eigenvalue weighted by atomic mass is 16.5. The van der Waals surface area contributed by atoms with E-state index in [1.807, 2.05) is 6.07 Å². The summed E-state index contributed by atoms with van der Waals surface area (Å²) in [6, 6.07) is 10.5. The molecular weight excluding hydrogens is 172 g/mol. The largest absolute Gasteiger partial charge is 0.374 e. The minimum Gasteiger partial charge on any atom is -0.374 e. The predicted molar refractivity (Wildman–Crippen MR) is 60.3 cm³/mol. The number of benzene rings is 1. The third kappa shape index (κ3) is 3.51. The Labute approximate surface area is 87.1 Å². The first kappa shape index (κ1) is 11.3. The molecule has 0 saturated carbocycles. The summed E-state index contributed by atoms with van der Waals surface area (Å²) in [5.74, 6) is 0.673. The molecule has 1 nitrogen and oxygen atoms in total. The van der Waals surface area contributed by atoms with Crippen molar-refractivity contribution in [2.75, 3.05) is 6.61 Å². The average molecular weight is 192 g/mol. The Morgan fingerprint density at radius 2 is 1.79 bits per heavy atom. The third-order valence-corrected chi connectivity index (χ3v) is 2.22. The first-order valence-electron chi connectivity index (χ1n) is 5.40. The lowest BCUT2D eigenvalue weighted by molar-refractivity contribution is 0.0473. The molecule has 0 amide bonds. The van der Waals surface area contributed by atoms with Crippen LogP contribution in [0.25, 0.3) is 0 Å². The summed E-state index contributed by atoms with van der Waals surface area (Å²) in [4.78, 5) is 0. The van der Waals surface area contributed by atoms with E-state index < -0.39 is 0 Å². The van der Waals surface area contributed by atoms with Gasteiger partial charge in [0.15, 0.2) is 0 Å². The van der Waals surface area contributed by atoms with Gasteiger partial charge in [-0.05, 0) is 24.8 Å². The van der Waals surface area contributed by atoms with Crippen LogP contribution in [0.3, 0.4) is 0 Å². The van der Waals surface area contributed by atoms with E-state index in [-0.39, 0.29) is 6.10 Å². The zero-order chi connectivity index (χ0) is 10.4. The van der Waals surface area contributed by atoms with Gasteiger partial charge in [-0.1, -0.05) is 44.2 Å². The Balaban J connectivity index is 2.67. The molecule has 1 atom stereocenters. The van der Waals surface area contributed by atoms with Crippen LogP contribution >= 0.6 is 0 Å². The van der Waals surface area contributed by atoms with E-state index in [2.05, 4.69) is 45.0 Å². The van der Waals surface area contributed by atoms with Gasteiger partial charge in [-0.3, -0.25) is 0 Å². The Morgan fingerprint density at radius 1 is 1.14 bits per heavy atom. The van der Waals surface area contributed by atoms with Crippen molar-refractivity contribution in [3.8, 4) is 0 Å². The lowest BCUT2D eigenvalue weighted by Crippen LogP contribution is -2.07. The minimum atomic E-state index is 0.265. The van der Waals surface area contributed by atoms with E-state index in [1.54, 1.807) is 0 Å². The summed E-state index contributed by atoms with van der Waals surface area (Å²) in [6.45, 7) is 7.30. The molecule has 1 rings (SSSR count). The lowest BCUT2D eigenvalue weighted by Gasteiger charge is -2.19. The molecule has 0 fully saturated rings. The van der Waals surface area contributed by atoms with Gasteiger partial charge in [0.1, 0.15) is 0 Å². The summed E-state index contributed by atoms with van der Waals surface area (Å²) in [6.07, 6.45) is 1.36. The SMILES string of the molecule is CCOC(CC(C)C)c1ccccc1. The smallest absolute Gasteiger partial charge is 0.0827 e. The van der Waals surface area contributed by atoms with E-state index in [1.165, 1.54) is 5.56 Å². The molecule has 1 aromatic rings. The highest BCUT2D eigenvalue weighted by molar-refractivity contribution is 5.17. The summed E-state index contributed by atoms with van der Waals surface area (Å²) >= 11 is 0. The van der Waals surface area contributed by atoms with E-state index in [9.17, 15) is 0 Å². The van der Waals surface area contributed by atoms with Gasteiger partial charge in [0.05, 0.1) is 6.10 Å². The fourth-order valence-corrected chi connectivity index (χ4v) is 1.60. The molecule has 0 heterocycles. The maximum atomic E-state index is 5.74. The van der Waals surface area contributed by atoms with Crippen molar-refractivity contribution in [2.24, 2.45) is 5.92 Å². The zero-order valence-electron chi connectivity index (χ0n) is 9.36. The second-order valence-electron chi connectivity index (χ2n) is 3.98. The van der Waals surface area contributed by atoms with E-state index in [0.29, 0.717) is 5.92 Å². The van der Waals surface area contributed by atoms with Gasteiger partial charge in [0.25, 0.3) is 0 Å². The fraction of sp³-hybridized carbons (Fsp3) is 0.538. The number of hydrogen-bond donors (Lipinski definition) is 0. The zero-order valence-corrected chi connectivity index (χ0v) is 9.36. The fourth-order valence-electron chi connectivity index (χ4n) is 1.60. The molecule has 14 heavy (non-hydrogen) atoms. The molecule has 0 aliphatic rings. The molecule has 0 bridgehead atoms. The number of rotatable bonds is 5. The molecule has 78 valence electrons. The molecule has 0 radical (unpaired) electrons. The minimum absolute atomic E-state index is 0.265. The second kappa shape index (κ2) is 5.82. The standard InChI is InChI=1S/C13H20O/c1-4-14-13(10-11(2)3)12-8-6-5-7-9-12/h5-9,11,13H,4,10H2,1-3H3. The normalized spacial score (nSPS) is 13.1. The molecule has 0 aliphatic carbocycles. The van der Waals surface area contributed by atoms with Crippen LogP contribution in [0.2, 0.25) is 0 Å². The number of hydrogen-bond acceptors (Lipinski definition) is 1. The van der Waals surface area contributed by atoms with Crippen molar-refractivity contribution in [3.05, 3.63) is 35.9 Å². The predicted octanol–water partition coefficient (Wildman–Crippen LogP) is 3.81. The topological polar surface area (TPSA) is 9.23 Å². The van der Waals surface area contributed by atoms with Gasteiger partial charge in [-0.15, -0.1) is 0 Å². The summed E-state index contributed by atoms with van der Waals surface area (Å²) in [7, 11) is 0. The maximum Gasteiger partial charge on any atom is 0.0827 e. The van der Waals surface area contributed by atoms with Crippen molar-refractivity contribution in [3.63, 3.8) is 0 Å². The molecule has 1 unspecified atom stereocenters. The van der Waals surface area contributed by atoms with Gasteiger partial charge in [-0.2, -0.15) is 0 Å². The highest BCUT2D eigenvalue weighted by Crippen LogP contribution is 2.24. The molecule has 1 heteroatoms. The van der Waals surface area contributed by atoms with Crippen molar-refractivity contribution in [1.82, 2.24) is 0 Å². The Kier molecular flexibility index (Phi) is 4.68. The van der Waals surface area contributed by atoms with Gasteiger partial charge in [-0.25, -0.2) is 0 Å². The van der Waals surface area contributed by atoms with E-state index >= 15 is 0 Å². The van der Waals surface area contributed by atoms with Crippen LogP contribution in [0, 0.1) is 5.92 Å². The first-order chi connectivity index (χ1) is 6.74. The van der Waals surface area contributed by atoms with Crippen molar-refractivity contribution < 1.29 is 4.74 Å². The molecule has 0 N–H and O–H groups in total. The maximum absolute atomic E-state index is 5.74. The van der Waals surface area contributed by atoms with Gasteiger partial charge in [0, 0.05) is 6.61 Å². The second-order valence-corrected chi connectivity index (χ2v) is 3.98. The molecule has 1 aromatic carbocycles. The van der Waals surface area contributed by atoms with Gasteiger partial charge >= 0.3 is 0 Å². The monoisotopic (exact) mass is 192 g/mol. The van der Waals surface area contributed by atoms with Crippen molar-refractivity contribution in [2.45, 2.75) is 33.3 Å². The van der Waals surface area contributed by atoms with Crippen LogP contribution in [0.5, 0.6) is 0 Å². The Morgan fingerprint density at radius 3 is 2.29 bits per heavy atom.